The van der Waals surface area contributed by atoms with Crippen LogP contribution >= 0.6 is 0 Å². The van der Waals surface area contributed by atoms with Crippen LogP contribution in [0, 0.1) is 17.3 Å². The summed E-state index contributed by atoms with van der Waals surface area (Å²) in [6.07, 6.45) is 0.635. The van der Waals surface area contributed by atoms with Crippen molar-refractivity contribution in [3.63, 3.8) is 0 Å². The van der Waals surface area contributed by atoms with Gasteiger partial charge in [0.2, 0.25) is 5.91 Å². The zero-order chi connectivity index (χ0) is 11.4. The normalized spacial score (nSPS) is 14.2. The summed E-state index contributed by atoms with van der Waals surface area (Å²) < 4.78 is 0. The first-order valence-corrected chi connectivity index (χ1v) is 5.50. The molecule has 0 saturated carbocycles. The van der Waals surface area contributed by atoms with Gasteiger partial charge in [-0.05, 0) is 17.3 Å². The van der Waals surface area contributed by atoms with Gasteiger partial charge in [0.05, 0.1) is 0 Å². The van der Waals surface area contributed by atoms with E-state index in [0.717, 1.165) is 6.54 Å². The Morgan fingerprint density at radius 2 is 1.71 bits per heavy atom. The Labute approximate surface area is 88.5 Å². The molecule has 0 fully saturated rings. The van der Waals surface area contributed by atoms with Crippen molar-refractivity contribution in [1.29, 1.82) is 0 Å². The van der Waals surface area contributed by atoms with Crippen molar-refractivity contribution in [2.45, 2.75) is 48.0 Å². The van der Waals surface area contributed by atoms with Gasteiger partial charge in [0, 0.05) is 13.0 Å². The molecule has 0 aliphatic carbocycles. The summed E-state index contributed by atoms with van der Waals surface area (Å²) in [5.41, 5.74) is 0.217. The highest BCUT2D eigenvalue weighted by Gasteiger charge is 2.22. The lowest BCUT2D eigenvalue weighted by Gasteiger charge is -2.26. The smallest absolute Gasteiger partial charge is 0.220 e. The predicted molar refractivity (Wildman–Crippen MR) is 61.1 cm³/mol. The van der Waals surface area contributed by atoms with Crippen LogP contribution in [0.4, 0.5) is 0 Å². The summed E-state index contributed by atoms with van der Waals surface area (Å²) in [4.78, 5) is 11.5. The topological polar surface area (TPSA) is 29.1 Å². The van der Waals surface area contributed by atoms with E-state index in [1.165, 1.54) is 0 Å². The first-order chi connectivity index (χ1) is 6.23. The van der Waals surface area contributed by atoms with Crippen LogP contribution in [0.15, 0.2) is 0 Å². The molecule has 0 saturated heterocycles. The molecule has 1 N–H and O–H groups in total. The number of carbonyl (C=O) groups is 1. The standard InChI is InChI=1S/C12H25NO/c1-9(2)8-13-11(14)7-10(3)12(4,5)6/h9-10H,7-8H2,1-6H3,(H,13,14)/t10-/m0/s1. The van der Waals surface area contributed by atoms with Crippen molar-refractivity contribution in [2.24, 2.45) is 17.3 Å². The number of hydrogen-bond donors (Lipinski definition) is 1. The van der Waals surface area contributed by atoms with E-state index in [1.807, 2.05) is 0 Å². The molecule has 0 aromatic heterocycles. The summed E-state index contributed by atoms with van der Waals surface area (Å²) in [5, 5.41) is 2.95. The Bertz CT molecular complexity index is 179. The molecule has 84 valence electrons. The molecule has 0 unspecified atom stereocenters. The maximum Gasteiger partial charge on any atom is 0.220 e. The molecule has 0 aliphatic rings. The van der Waals surface area contributed by atoms with Crippen molar-refractivity contribution in [2.75, 3.05) is 6.54 Å². The van der Waals surface area contributed by atoms with Crippen LogP contribution in [0.3, 0.4) is 0 Å². The summed E-state index contributed by atoms with van der Waals surface area (Å²) in [5.74, 6) is 1.14. The quantitative estimate of drug-likeness (QED) is 0.741. The third-order valence-corrected chi connectivity index (χ3v) is 2.68. The third-order valence-electron chi connectivity index (χ3n) is 2.68. The van der Waals surface area contributed by atoms with Gasteiger partial charge in [-0.15, -0.1) is 0 Å². The van der Waals surface area contributed by atoms with E-state index < -0.39 is 0 Å². The molecule has 1 atom stereocenters. The van der Waals surface area contributed by atoms with Gasteiger partial charge in [-0.1, -0.05) is 41.5 Å². The van der Waals surface area contributed by atoms with Gasteiger partial charge in [-0.25, -0.2) is 0 Å². The molecular formula is C12H25NO. The monoisotopic (exact) mass is 199 g/mol. The van der Waals surface area contributed by atoms with Gasteiger partial charge in [-0.2, -0.15) is 0 Å². The summed E-state index contributed by atoms with van der Waals surface area (Å²) >= 11 is 0. The second-order valence-corrected chi connectivity index (χ2v) is 5.67. The molecule has 0 aromatic carbocycles. The molecule has 0 aliphatic heterocycles. The fraction of sp³-hybridized carbons (Fsp3) is 0.917. The molecule has 0 rings (SSSR count). The second-order valence-electron chi connectivity index (χ2n) is 5.67. The first-order valence-electron chi connectivity index (χ1n) is 5.50. The summed E-state index contributed by atoms with van der Waals surface area (Å²) in [6, 6.07) is 0. The highest BCUT2D eigenvalue weighted by atomic mass is 16.1. The lowest BCUT2D eigenvalue weighted by Crippen LogP contribution is -2.31. The Balaban J connectivity index is 3.84. The largest absolute Gasteiger partial charge is 0.356 e. The average Bonchev–Trinajstić information content (AvgIpc) is 1.99. The SMILES string of the molecule is CC(C)CNC(=O)C[C@H](C)C(C)(C)C. The van der Waals surface area contributed by atoms with Gasteiger partial charge in [0.25, 0.3) is 0 Å². The van der Waals surface area contributed by atoms with Crippen LogP contribution < -0.4 is 5.32 Å². The van der Waals surface area contributed by atoms with E-state index in [-0.39, 0.29) is 11.3 Å². The molecule has 0 radical (unpaired) electrons. The van der Waals surface area contributed by atoms with Crippen LogP contribution in [0.25, 0.3) is 0 Å². The molecule has 0 spiro atoms. The molecule has 2 nitrogen and oxygen atoms in total. The van der Waals surface area contributed by atoms with Crippen LogP contribution in [-0.2, 0) is 4.79 Å². The minimum atomic E-state index is 0.182. The Morgan fingerprint density at radius 3 is 2.07 bits per heavy atom. The molecule has 0 heterocycles. The zero-order valence-electron chi connectivity index (χ0n) is 10.5. The highest BCUT2D eigenvalue weighted by Crippen LogP contribution is 2.27. The van der Waals surface area contributed by atoms with Crippen LogP contribution in [0.2, 0.25) is 0 Å². The Hall–Kier alpha value is -0.530. The second kappa shape index (κ2) is 5.38. The van der Waals surface area contributed by atoms with Gasteiger partial charge in [0.15, 0.2) is 0 Å². The predicted octanol–water partition coefficient (Wildman–Crippen LogP) is 2.83. The number of amides is 1. The van der Waals surface area contributed by atoms with Crippen LogP contribution in [0.1, 0.15) is 48.0 Å². The van der Waals surface area contributed by atoms with Crippen LogP contribution in [-0.4, -0.2) is 12.5 Å². The zero-order valence-corrected chi connectivity index (χ0v) is 10.5. The lowest BCUT2D eigenvalue weighted by atomic mass is 9.80. The van der Waals surface area contributed by atoms with E-state index in [0.29, 0.717) is 18.3 Å². The van der Waals surface area contributed by atoms with E-state index in [2.05, 4.69) is 46.9 Å². The van der Waals surface area contributed by atoms with E-state index >= 15 is 0 Å². The minimum absolute atomic E-state index is 0.182. The van der Waals surface area contributed by atoms with E-state index in [4.69, 9.17) is 0 Å². The number of hydrogen-bond acceptors (Lipinski definition) is 1. The average molecular weight is 199 g/mol. The molecule has 0 aromatic rings. The summed E-state index contributed by atoms with van der Waals surface area (Å²) in [7, 11) is 0. The maximum absolute atomic E-state index is 11.5. The van der Waals surface area contributed by atoms with Crippen molar-refractivity contribution < 1.29 is 4.79 Å². The molecule has 0 bridgehead atoms. The molecule has 1 amide bonds. The van der Waals surface area contributed by atoms with Crippen LogP contribution in [0.5, 0.6) is 0 Å². The first kappa shape index (κ1) is 13.5. The number of nitrogens with one attached hydrogen (secondary N) is 1. The molecule has 2 heteroatoms. The van der Waals surface area contributed by atoms with Gasteiger partial charge in [-0.3, -0.25) is 4.79 Å². The maximum atomic E-state index is 11.5. The lowest BCUT2D eigenvalue weighted by molar-refractivity contribution is -0.122. The van der Waals surface area contributed by atoms with E-state index in [9.17, 15) is 4.79 Å². The number of carbonyl (C=O) groups excluding carboxylic acids is 1. The minimum Gasteiger partial charge on any atom is -0.356 e. The molecule has 14 heavy (non-hydrogen) atoms. The third kappa shape index (κ3) is 6.01. The van der Waals surface area contributed by atoms with Crippen molar-refractivity contribution in [3.05, 3.63) is 0 Å². The fourth-order valence-corrected chi connectivity index (χ4v) is 0.974. The van der Waals surface area contributed by atoms with Crippen molar-refractivity contribution in [1.82, 2.24) is 5.32 Å². The Kier molecular flexibility index (Phi) is 5.17. The Morgan fingerprint density at radius 1 is 1.21 bits per heavy atom. The molecular weight excluding hydrogens is 174 g/mol. The summed E-state index contributed by atoms with van der Waals surface area (Å²) in [6.45, 7) is 13.7. The fourth-order valence-electron chi connectivity index (χ4n) is 0.974. The highest BCUT2D eigenvalue weighted by molar-refractivity contribution is 5.76. The van der Waals surface area contributed by atoms with Gasteiger partial charge >= 0.3 is 0 Å². The van der Waals surface area contributed by atoms with E-state index in [1.54, 1.807) is 0 Å². The van der Waals surface area contributed by atoms with Crippen molar-refractivity contribution >= 4 is 5.91 Å². The number of rotatable bonds is 4. The van der Waals surface area contributed by atoms with Gasteiger partial charge < -0.3 is 5.32 Å². The van der Waals surface area contributed by atoms with Crippen molar-refractivity contribution in [3.8, 4) is 0 Å². The van der Waals surface area contributed by atoms with Gasteiger partial charge in [0.1, 0.15) is 0 Å².